The second-order valence-electron chi connectivity index (χ2n) is 9.01. The number of amides is 1. The lowest BCUT2D eigenvalue weighted by Crippen LogP contribution is -2.49. The van der Waals surface area contributed by atoms with Crippen molar-refractivity contribution in [3.8, 4) is 16.9 Å². The van der Waals surface area contributed by atoms with Crippen LogP contribution in [0.2, 0.25) is 5.15 Å². The molecule has 4 aromatic heterocycles. The van der Waals surface area contributed by atoms with Crippen molar-refractivity contribution in [3.05, 3.63) is 47.1 Å². The van der Waals surface area contributed by atoms with Crippen molar-refractivity contribution in [1.29, 1.82) is 0 Å². The summed E-state index contributed by atoms with van der Waals surface area (Å²) in [5, 5.41) is 3.59. The van der Waals surface area contributed by atoms with E-state index >= 15 is 0 Å². The molecule has 2 aliphatic rings. The van der Waals surface area contributed by atoms with E-state index in [1.807, 2.05) is 13.0 Å². The molecule has 37 heavy (non-hydrogen) atoms. The number of methoxy groups -OCH3 is 1. The van der Waals surface area contributed by atoms with Crippen molar-refractivity contribution < 1.29 is 14.3 Å². The second-order valence-corrected chi connectivity index (χ2v) is 10.4. The van der Waals surface area contributed by atoms with Gasteiger partial charge in [-0.3, -0.25) is 15.1 Å². The van der Waals surface area contributed by atoms with Gasteiger partial charge in [-0.05, 0) is 38.3 Å². The van der Waals surface area contributed by atoms with E-state index in [4.69, 9.17) is 26.1 Å². The summed E-state index contributed by atoms with van der Waals surface area (Å²) in [6.45, 7) is 3.33. The molecule has 190 valence electrons. The largest absolute Gasteiger partial charge is 0.494 e. The molecule has 0 unspecified atom stereocenters. The molecule has 5 heterocycles. The predicted molar refractivity (Wildman–Crippen MR) is 142 cm³/mol. The number of halogens is 1. The summed E-state index contributed by atoms with van der Waals surface area (Å²) < 4.78 is 11.4. The highest BCUT2D eigenvalue weighted by molar-refractivity contribution is 7.21. The maximum Gasteiger partial charge on any atom is 0.259 e. The third-order valence-corrected chi connectivity index (χ3v) is 7.80. The number of carbonyl (C=O) groups excluding carboxylic acids is 1. The minimum atomic E-state index is -0.362. The number of carbonyl (C=O) groups is 1. The van der Waals surface area contributed by atoms with Crippen molar-refractivity contribution in [2.75, 3.05) is 30.5 Å². The standard InChI is InChI=1S/C25H24ClN7O3S/c1-13-8-14(15-9-20(26)28-11-19(15)35-2)16(10-27-13)23(34)32-25-31-22-24(37-25)30-21(12-29-22)33-6-7-36-18-5-3-4-17(18)33/h8-12,17-18H,3-7H2,1-2H3,(H,29,31,32,34)/t17-,18-/m1/s1. The smallest absolute Gasteiger partial charge is 0.259 e. The van der Waals surface area contributed by atoms with Gasteiger partial charge in [0.15, 0.2) is 15.6 Å². The third-order valence-electron chi connectivity index (χ3n) is 6.74. The molecule has 1 N–H and O–H groups in total. The Labute approximate surface area is 222 Å². The van der Waals surface area contributed by atoms with E-state index < -0.39 is 0 Å². The Balaban J connectivity index is 1.29. The van der Waals surface area contributed by atoms with E-state index in [1.165, 1.54) is 23.7 Å². The number of pyridine rings is 2. The lowest BCUT2D eigenvalue weighted by Gasteiger charge is -2.38. The molecule has 1 saturated carbocycles. The van der Waals surface area contributed by atoms with Gasteiger partial charge in [0, 0.05) is 29.6 Å². The van der Waals surface area contributed by atoms with Crippen LogP contribution >= 0.6 is 22.9 Å². The Kier molecular flexibility index (Phi) is 6.35. The fourth-order valence-corrected chi connectivity index (χ4v) is 5.98. The molecule has 1 saturated heterocycles. The third kappa shape index (κ3) is 4.58. The van der Waals surface area contributed by atoms with Crippen LogP contribution in [-0.2, 0) is 4.74 Å². The highest BCUT2D eigenvalue weighted by atomic mass is 35.5. The molecule has 12 heteroatoms. The molecule has 1 amide bonds. The number of aromatic nitrogens is 5. The summed E-state index contributed by atoms with van der Waals surface area (Å²) in [6.07, 6.45) is 8.41. The van der Waals surface area contributed by atoms with Crippen molar-refractivity contribution in [2.24, 2.45) is 0 Å². The number of fused-ring (bicyclic) bond motifs is 2. The number of hydrogen-bond donors (Lipinski definition) is 1. The van der Waals surface area contributed by atoms with Crippen LogP contribution in [0.15, 0.2) is 30.7 Å². The maximum atomic E-state index is 13.4. The zero-order chi connectivity index (χ0) is 25.5. The highest BCUT2D eigenvalue weighted by Gasteiger charge is 2.37. The lowest BCUT2D eigenvalue weighted by molar-refractivity contribution is 0.0253. The number of morpholine rings is 1. The van der Waals surface area contributed by atoms with Crippen LogP contribution in [0.3, 0.4) is 0 Å². The van der Waals surface area contributed by atoms with Crippen LogP contribution in [0.1, 0.15) is 35.3 Å². The van der Waals surface area contributed by atoms with E-state index in [0.717, 1.165) is 37.3 Å². The molecule has 10 nitrogen and oxygen atoms in total. The van der Waals surface area contributed by atoms with Crippen LogP contribution in [0.5, 0.6) is 5.75 Å². The number of anilines is 2. The van der Waals surface area contributed by atoms with Crippen molar-refractivity contribution in [3.63, 3.8) is 0 Å². The lowest BCUT2D eigenvalue weighted by atomic mass is 10.0. The predicted octanol–water partition coefficient (Wildman–Crippen LogP) is 4.52. The molecule has 0 bridgehead atoms. The Morgan fingerprint density at radius 3 is 2.92 bits per heavy atom. The number of rotatable bonds is 5. The highest BCUT2D eigenvalue weighted by Crippen LogP contribution is 2.36. The second kappa shape index (κ2) is 9.81. The quantitative estimate of drug-likeness (QED) is 0.367. The van der Waals surface area contributed by atoms with Gasteiger partial charge in [-0.1, -0.05) is 22.9 Å². The maximum absolute atomic E-state index is 13.4. The average molecular weight is 538 g/mol. The van der Waals surface area contributed by atoms with Gasteiger partial charge in [-0.2, -0.15) is 4.98 Å². The number of nitrogens with one attached hydrogen (secondary N) is 1. The molecule has 0 spiro atoms. The van der Waals surface area contributed by atoms with Crippen molar-refractivity contribution in [2.45, 2.75) is 38.3 Å². The fraction of sp³-hybridized carbons (Fsp3) is 0.360. The fourth-order valence-electron chi connectivity index (χ4n) is 5.03. The van der Waals surface area contributed by atoms with Gasteiger partial charge < -0.3 is 14.4 Å². The van der Waals surface area contributed by atoms with Gasteiger partial charge in [-0.15, -0.1) is 0 Å². The summed E-state index contributed by atoms with van der Waals surface area (Å²) in [4.78, 5) is 38.6. The molecule has 0 radical (unpaired) electrons. The number of nitrogens with zero attached hydrogens (tertiary/aromatic N) is 6. The van der Waals surface area contributed by atoms with E-state index in [2.05, 4.69) is 30.2 Å². The first-order valence-corrected chi connectivity index (χ1v) is 13.2. The van der Waals surface area contributed by atoms with Crippen LogP contribution in [0.4, 0.5) is 10.9 Å². The van der Waals surface area contributed by atoms with Gasteiger partial charge >= 0.3 is 0 Å². The number of aryl methyl sites for hydroxylation is 1. The minimum Gasteiger partial charge on any atom is -0.494 e. The molecule has 1 aliphatic heterocycles. The SMILES string of the molecule is COc1cnc(Cl)cc1-c1cc(C)ncc1C(=O)Nc1nc2ncc(N3CCO[C@@H]4CCC[C@H]43)nc2s1. The van der Waals surface area contributed by atoms with E-state index in [9.17, 15) is 4.79 Å². The Morgan fingerprint density at radius 2 is 2.05 bits per heavy atom. The van der Waals surface area contributed by atoms with E-state index in [0.29, 0.717) is 55.9 Å². The van der Waals surface area contributed by atoms with Gasteiger partial charge in [0.25, 0.3) is 5.91 Å². The van der Waals surface area contributed by atoms with Gasteiger partial charge in [0.05, 0.1) is 43.8 Å². The Morgan fingerprint density at radius 1 is 1.16 bits per heavy atom. The first-order valence-electron chi connectivity index (χ1n) is 12.0. The summed E-state index contributed by atoms with van der Waals surface area (Å²) in [5.74, 6) is 0.956. The summed E-state index contributed by atoms with van der Waals surface area (Å²) >= 11 is 7.44. The first kappa shape index (κ1) is 24.0. The zero-order valence-corrected chi connectivity index (χ0v) is 21.8. The van der Waals surface area contributed by atoms with E-state index in [1.54, 1.807) is 19.4 Å². The molecule has 6 rings (SSSR count). The molecule has 2 fully saturated rings. The Bertz CT molecular complexity index is 1500. The normalized spacial score (nSPS) is 19.2. The van der Waals surface area contributed by atoms with Gasteiger partial charge in [-0.25, -0.2) is 15.0 Å². The van der Waals surface area contributed by atoms with Crippen LogP contribution < -0.4 is 15.0 Å². The van der Waals surface area contributed by atoms with E-state index in [-0.39, 0.29) is 12.0 Å². The molecule has 4 aromatic rings. The molecule has 2 atom stereocenters. The van der Waals surface area contributed by atoms with Crippen LogP contribution in [-0.4, -0.2) is 63.2 Å². The van der Waals surface area contributed by atoms with Gasteiger partial charge in [0.2, 0.25) is 0 Å². The number of hydrogen-bond acceptors (Lipinski definition) is 10. The topological polar surface area (TPSA) is 115 Å². The summed E-state index contributed by atoms with van der Waals surface area (Å²) in [7, 11) is 1.54. The first-order chi connectivity index (χ1) is 18.0. The molecule has 1 aliphatic carbocycles. The molecule has 0 aromatic carbocycles. The van der Waals surface area contributed by atoms with Crippen LogP contribution in [0, 0.1) is 6.92 Å². The Hall–Kier alpha value is -3.41. The number of ether oxygens (including phenoxy) is 2. The van der Waals surface area contributed by atoms with Crippen molar-refractivity contribution >= 4 is 50.3 Å². The van der Waals surface area contributed by atoms with Crippen LogP contribution in [0.25, 0.3) is 21.6 Å². The molecular formula is C25H24ClN7O3S. The summed E-state index contributed by atoms with van der Waals surface area (Å²) in [6, 6.07) is 3.81. The molecular weight excluding hydrogens is 514 g/mol. The number of thiazole rings is 1. The van der Waals surface area contributed by atoms with Gasteiger partial charge in [0.1, 0.15) is 16.7 Å². The monoisotopic (exact) mass is 537 g/mol. The zero-order valence-electron chi connectivity index (χ0n) is 20.3. The summed E-state index contributed by atoms with van der Waals surface area (Å²) in [5.41, 5.74) is 2.86. The van der Waals surface area contributed by atoms with Crippen molar-refractivity contribution in [1.82, 2.24) is 24.9 Å². The minimum absolute atomic E-state index is 0.258. The average Bonchev–Trinajstić information content (AvgIpc) is 3.54.